The van der Waals surface area contributed by atoms with Gasteiger partial charge in [0.1, 0.15) is 16.4 Å². The minimum absolute atomic E-state index is 0.140. The SMILES string of the molecule is COc1cc2c(Oc3ccc(C4CCCCC4)cc3)c(C(=O)Nc3nnn(C)n3)sc2cc1C. The van der Waals surface area contributed by atoms with Gasteiger partial charge in [-0.3, -0.25) is 10.1 Å². The molecule has 9 heteroatoms. The van der Waals surface area contributed by atoms with Crippen LogP contribution in [0.4, 0.5) is 5.95 Å². The molecular weight excluding hydrogens is 450 g/mol. The van der Waals surface area contributed by atoms with Crippen molar-refractivity contribution >= 4 is 33.3 Å². The van der Waals surface area contributed by atoms with Gasteiger partial charge in [-0.2, -0.15) is 4.80 Å². The van der Waals surface area contributed by atoms with Gasteiger partial charge in [0.05, 0.1) is 14.2 Å². The van der Waals surface area contributed by atoms with E-state index in [2.05, 4.69) is 32.9 Å². The molecule has 34 heavy (non-hydrogen) atoms. The van der Waals surface area contributed by atoms with E-state index in [4.69, 9.17) is 9.47 Å². The zero-order valence-electron chi connectivity index (χ0n) is 19.5. The first kappa shape index (κ1) is 22.3. The Morgan fingerprint density at radius 3 is 2.59 bits per heavy atom. The standard InChI is InChI=1S/C25H27N5O3S/c1-15-13-21-19(14-20(15)32-3)22(23(34-21)24(31)26-25-27-29-30(2)28-25)33-18-11-9-17(10-12-18)16-7-5-4-6-8-16/h9-14,16H,4-8H2,1-3H3,(H,26,28,31). The van der Waals surface area contributed by atoms with Crippen LogP contribution in [0.25, 0.3) is 10.1 Å². The Hall–Kier alpha value is -3.46. The van der Waals surface area contributed by atoms with Crippen molar-refractivity contribution < 1.29 is 14.3 Å². The molecule has 0 atom stereocenters. The van der Waals surface area contributed by atoms with Crippen LogP contribution in [-0.4, -0.2) is 33.2 Å². The first-order valence-corrected chi connectivity index (χ1v) is 12.3. The summed E-state index contributed by atoms with van der Waals surface area (Å²) in [5.74, 6) is 2.33. The number of benzene rings is 2. The largest absolute Gasteiger partial charge is 0.496 e. The summed E-state index contributed by atoms with van der Waals surface area (Å²) in [5, 5.41) is 15.2. The molecule has 2 heterocycles. The summed E-state index contributed by atoms with van der Waals surface area (Å²) in [7, 11) is 3.28. The number of carbonyl (C=O) groups excluding carboxylic acids is 1. The lowest BCUT2D eigenvalue weighted by Crippen LogP contribution is -2.12. The predicted octanol–water partition coefficient (Wildman–Crippen LogP) is 5.83. The number of hydrogen-bond donors (Lipinski definition) is 1. The molecule has 176 valence electrons. The van der Waals surface area contributed by atoms with Crippen molar-refractivity contribution in [3.63, 3.8) is 0 Å². The summed E-state index contributed by atoms with van der Waals surface area (Å²) >= 11 is 1.36. The van der Waals surface area contributed by atoms with Crippen LogP contribution in [-0.2, 0) is 7.05 Å². The number of aryl methyl sites for hydroxylation is 2. The van der Waals surface area contributed by atoms with Crippen LogP contribution in [0.5, 0.6) is 17.2 Å². The van der Waals surface area contributed by atoms with Crippen LogP contribution in [0.3, 0.4) is 0 Å². The van der Waals surface area contributed by atoms with E-state index in [1.807, 2.05) is 31.2 Å². The molecular formula is C25H27N5O3S. The van der Waals surface area contributed by atoms with Crippen LogP contribution in [0.2, 0.25) is 0 Å². The van der Waals surface area contributed by atoms with Gasteiger partial charge in [0.2, 0.25) is 0 Å². The Morgan fingerprint density at radius 1 is 1.15 bits per heavy atom. The number of ether oxygens (including phenoxy) is 2. The number of anilines is 1. The Morgan fingerprint density at radius 2 is 1.91 bits per heavy atom. The number of nitrogens with zero attached hydrogens (tertiary/aromatic N) is 4. The molecule has 0 unspecified atom stereocenters. The Labute approximate surface area is 201 Å². The number of aromatic nitrogens is 4. The number of hydrogen-bond acceptors (Lipinski definition) is 7. The van der Waals surface area contributed by atoms with Gasteiger partial charge in [0, 0.05) is 10.1 Å². The maximum absolute atomic E-state index is 13.2. The summed E-state index contributed by atoms with van der Waals surface area (Å²) in [6.07, 6.45) is 6.42. The number of methoxy groups -OCH3 is 1. The van der Waals surface area contributed by atoms with E-state index in [9.17, 15) is 4.79 Å². The molecule has 0 spiro atoms. The first-order valence-electron chi connectivity index (χ1n) is 11.5. The molecule has 1 saturated carbocycles. The molecule has 1 aliphatic carbocycles. The third kappa shape index (κ3) is 4.48. The van der Waals surface area contributed by atoms with Gasteiger partial charge >= 0.3 is 0 Å². The summed E-state index contributed by atoms with van der Waals surface area (Å²) in [6, 6.07) is 12.2. The van der Waals surface area contributed by atoms with E-state index in [0.29, 0.717) is 22.3 Å². The number of nitrogens with one attached hydrogen (secondary N) is 1. The molecule has 8 nitrogen and oxygen atoms in total. The molecule has 1 fully saturated rings. The minimum Gasteiger partial charge on any atom is -0.496 e. The van der Waals surface area contributed by atoms with E-state index >= 15 is 0 Å². The molecule has 2 aromatic carbocycles. The average Bonchev–Trinajstić information content (AvgIpc) is 3.42. The van der Waals surface area contributed by atoms with E-state index in [1.54, 1.807) is 14.2 Å². The second-order valence-corrected chi connectivity index (χ2v) is 9.69. The first-order chi connectivity index (χ1) is 16.5. The van der Waals surface area contributed by atoms with Crippen LogP contribution >= 0.6 is 11.3 Å². The lowest BCUT2D eigenvalue weighted by molar-refractivity contribution is 0.102. The lowest BCUT2D eigenvalue weighted by Gasteiger charge is -2.22. The fraction of sp³-hybridized carbons (Fsp3) is 0.360. The van der Waals surface area contributed by atoms with Gasteiger partial charge in [-0.1, -0.05) is 36.5 Å². The summed E-state index contributed by atoms with van der Waals surface area (Å²) < 4.78 is 12.8. The molecule has 0 radical (unpaired) electrons. The quantitative estimate of drug-likeness (QED) is 0.375. The molecule has 1 N–H and O–H groups in total. The third-order valence-corrected chi connectivity index (χ3v) is 7.41. The van der Waals surface area contributed by atoms with E-state index in [1.165, 1.54) is 53.8 Å². The maximum atomic E-state index is 13.2. The monoisotopic (exact) mass is 477 g/mol. The number of rotatable bonds is 6. The zero-order valence-corrected chi connectivity index (χ0v) is 20.3. The van der Waals surface area contributed by atoms with E-state index < -0.39 is 0 Å². The molecule has 1 aliphatic rings. The highest BCUT2D eigenvalue weighted by Gasteiger charge is 2.23. The van der Waals surface area contributed by atoms with Gasteiger partial charge in [0.25, 0.3) is 11.9 Å². The summed E-state index contributed by atoms with van der Waals surface area (Å²) in [6.45, 7) is 1.98. The average molecular weight is 478 g/mol. The number of tetrazole rings is 1. The second-order valence-electron chi connectivity index (χ2n) is 8.64. The fourth-order valence-electron chi connectivity index (χ4n) is 4.53. The maximum Gasteiger partial charge on any atom is 0.272 e. The number of fused-ring (bicyclic) bond motifs is 1. The second kappa shape index (κ2) is 9.42. The van der Waals surface area contributed by atoms with Gasteiger partial charge in [-0.05, 0) is 66.3 Å². The van der Waals surface area contributed by atoms with Gasteiger partial charge in [-0.25, -0.2) is 0 Å². The van der Waals surface area contributed by atoms with E-state index in [0.717, 1.165) is 21.4 Å². The summed E-state index contributed by atoms with van der Waals surface area (Å²) in [4.78, 5) is 14.9. The number of carbonyl (C=O) groups is 1. The predicted molar refractivity (Wildman–Crippen MR) is 132 cm³/mol. The van der Waals surface area contributed by atoms with Crippen LogP contribution < -0.4 is 14.8 Å². The van der Waals surface area contributed by atoms with Crippen molar-refractivity contribution in [3.8, 4) is 17.2 Å². The van der Waals surface area contributed by atoms with Crippen molar-refractivity contribution in [1.82, 2.24) is 20.2 Å². The van der Waals surface area contributed by atoms with E-state index in [-0.39, 0.29) is 11.9 Å². The number of amides is 1. The molecule has 0 saturated heterocycles. The third-order valence-electron chi connectivity index (χ3n) is 6.28. The van der Waals surface area contributed by atoms with Gasteiger partial charge in [0.15, 0.2) is 5.75 Å². The number of thiophene rings is 1. The Balaban J connectivity index is 1.49. The van der Waals surface area contributed by atoms with Gasteiger partial charge in [-0.15, -0.1) is 16.4 Å². The van der Waals surface area contributed by atoms with Crippen molar-refractivity contribution in [3.05, 3.63) is 52.4 Å². The van der Waals surface area contributed by atoms with Crippen LogP contribution in [0.15, 0.2) is 36.4 Å². The lowest BCUT2D eigenvalue weighted by atomic mass is 9.84. The normalized spacial score (nSPS) is 14.3. The van der Waals surface area contributed by atoms with Crippen molar-refractivity contribution in [2.24, 2.45) is 7.05 Å². The summed E-state index contributed by atoms with van der Waals surface area (Å²) in [5.41, 5.74) is 2.34. The highest BCUT2D eigenvalue weighted by atomic mass is 32.1. The van der Waals surface area contributed by atoms with Crippen molar-refractivity contribution in [2.45, 2.75) is 44.9 Å². The molecule has 0 bridgehead atoms. The van der Waals surface area contributed by atoms with Crippen molar-refractivity contribution in [1.29, 1.82) is 0 Å². The Bertz CT molecular complexity index is 1320. The molecule has 0 aliphatic heterocycles. The Kier molecular flexibility index (Phi) is 6.19. The molecule has 1 amide bonds. The molecule has 5 rings (SSSR count). The topological polar surface area (TPSA) is 91.2 Å². The smallest absolute Gasteiger partial charge is 0.272 e. The highest BCUT2D eigenvalue weighted by Crippen LogP contribution is 2.43. The fourth-order valence-corrected chi connectivity index (χ4v) is 5.63. The molecule has 2 aromatic heterocycles. The minimum atomic E-state index is -0.348. The molecule has 4 aromatic rings. The van der Waals surface area contributed by atoms with Crippen LogP contribution in [0.1, 0.15) is 58.8 Å². The highest BCUT2D eigenvalue weighted by molar-refractivity contribution is 7.21. The van der Waals surface area contributed by atoms with Crippen molar-refractivity contribution in [2.75, 3.05) is 12.4 Å². The zero-order chi connectivity index (χ0) is 23.7. The van der Waals surface area contributed by atoms with Crippen LogP contribution in [0, 0.1) is 6.92 Å². The van der Waals surface area contributed by atoms with Gasteiger partial charge < -0.3 is 9.47 Å².